The topological polar surface area (TPSA) is 76.2 Å². The predicted octanol–water partition coefficient (Wildman–Crippen LogP) is 3.82. The number of likely N-dealkylation sites (tertiary alicyclic amines) is 1. The number of aromatic nitrogens is 3. The maximum Gasteiger partial charge on any atom is 0.410 e. The summed E-state index contributed by atoms with van der Waals surface area (Å²) >= 11 is 0. The van der Waals surface area contributed by atoms with Crippen LogP contribution in [-0.4, -0.2) is 51.1 Å². The van der Waals surface area contributed by atoms with Gasteiger partial charge in [-0.25, -0.2) is 4.68 Å². The summed E-state index contributed by atoms with van der Waals surface area (Å²) in [4.78, 5) is 14.5. The first-order chi connectivity index (χ1) is 13.7. The minimum Gasteiger partial charge on any atom is -0.367 e. The molecule has 1 saturated heterocycles. The minimum atomic E-state index is -4.35. The highest BCUT2D eigenvalue weighted by Crippen LogP contribution is 2.41. The van der Waals surface area contributed by atoms with Crippen molar-refractivity contribution in [3.63, 3.8) is 0 Å². The van der Waals surface area contributed by atoms with Crippen molar-refractivity contribution in [1.29, 1.82) is 0 Å². The average Bonchev–Trinajstić information content (AvgIpc) is 3.37. The molecule has 0 saturated carbocycles. The molecule has 4 rings (SSSR count). The van der Waals surface area contributed by atoms with E-state index in [4.69, 9.17) is 4.52 Å². The van der Waals surface area contributed by atoms with Crippen molar-refractivity contribution in [2.24, 2.45) is 0 Å². The van der Waals surface area contributed by atoms with E-state index in [0.717, 1.165) is 4.68 Å². The monoisotopic (exact) mass is 411 g/mol. The first kappa shape index (κ1) is 19.8. The quantitative estimate of drug-likeness (QED) is 0.831. The van der Waals surface area contributed by atoms with Crippen molar-refractivity contribution >= 4 is 11.7 Å². The molecule has 2 aliphatic heterocycles. The van der Waals surface area contributed by atoms with Gasteiger partial charge in [-0.2, -0.15) is 18.3 Å². The molecule has 4 heterocycles. The second-order valence-electron chi connectivity index (χ2n) is 7.88. The summed E-state index contributed by atoms with van der Waals surface area (Å²) < 4.78 is 46.8. The second-order valence-corrected chi connectivity index (χ2v) is 7.88. The van der Waals surface area contributed by atoms with E-state index in [-0.39, 0.29) is 24.3 Å². The van der Waals surface area contributed by atoms with Crippen molar-refractivity contribution in [3.8, 4) is 0 Å². The van der Waals surface area contributed by atoms with E-state index in [1.54, 1.807) is 24.8 Å². The summed E-state index contributed by atoms with van der Waals surface area (Å²) in [7, 11) is 0. The maximum atomic E-state index is 13.6. The van der Waals surface area contributed by atoms with Crippen LogP contribution in [-0.2, 0) is 0 Å². The standard InChI is InChI=1S/C19H24F3N5O2/c1-4-13-7-15(19(20,21)22)27-16(23-13)8-14(24-27)12-5-6-26(9-12)18(28)17-10(2)25-29-11(17)3/h8,12-13,15,23H,4-7,9H2,1-3H3/t12?,13-,15-/m1/s1. The van der Waals surface area contributed by atoms with Gasteiger partial charge in [0.15, 0.2) is 6.04 Å². The Bertz CT molecular complexity index is 900. The van der Waals surface area contributed by atoms with E-state index in [9.17, 15) is 18.0 Å². The molecule has 1 amide bonds. The number of amides is 1. The molecule has 3 atom stereocenters. The number of aryl methyl sites for hydroxylation is 2. The highest BCUT2D eigenvalue weighted by Gasteiger charge is 2.46. The molecule has 0 radical (unpaired) electrons. The van der Waals surface area contributed by atoms with Crippen LogP contribution in [0.4, 0.5) is 19.0 Å². The molecule has 29 heavy (non-hydrogen) atoms. The normalized spacial score (nSPS) is 24.5. The summed E-state index contributed by atoms with van der Waals surface area (Å²) in [6, 6.07) is -0.159. The lowest BCUT2D eigenvalue weighted by molar-refractivity contribution is -0.173. The molecule has 10 heteroatoms. The number of nitrogens with one attached hydrogen (secondary N) is 1. The third kappa shape index (κ3) is 3.49. The molecule has 0 spiro atoms. The number of hydrogen-bond donors (Lipinski definition) is 1. The molecule has 0 bridgehead atoms. The van der Waals surface area contributed by atoms with Gasteiger partial charge in [0.2, 0.25) is 0 Å². The zero-order valence-corrected chi connectivity index (χ0v) is 16.6. The Balaban J connectivity index is 1.55. The van der Waals surface area contributed by atoms with Crippen molar-refractivity contribution in [1.82, 2.24) is 19.8 Å². The van der Waals surface area contributed by atoms with Crippen LogP contribution in [0.1, 0.15) is 65.7 Å². The van der Waals surface area contributed by atoms with Gasteiger partial charge in [0.1, 0.15) is 17.1 Å². The zero-order valence-electron chi connectivity index (χ0n) is 16.6. The van der Waals surface area contributed by atoms with Gasteiger partial charge in [0, 0.05) is 31.1 Å². The van der Waals surface area contributed by atoms with Crippen LogP contribution >= 0.6 is 0 Å². The summed E-state index contributed by atoms with van der Waals surface area (Å²) in [6.07, 6.45) is -3.13. The maximum absolute atomic E-state index is 13.6. The fourth-order valence-electron chi connectivity index (χ4n) is 4.27. The molecule has 0 aliphatic carbocycles. The first-order valence-electron chi connectivity index (χ1n) is 9.83. The Morgan fingerprint density at radius 1 is 1.38 bits per heavy atom. The lowest BCUT2D eigenvalue weighted by Crippen LogP contribution is -2.38. The van der Waals surface area contributed by atoms with Gasteiger partial charge < -0.3 is 14.7 Å². The second kappa shape index (κ2) is 7.07. The number of carbonyl (C=O) groups excluding carboxylic acids is 1. The molecule has 1 N–H and O–H groups in total. The van der Waals surface area contributed by atoms with Crippen molar-refractivity contribution < 1.29 is 22.5 Å². The van der Waals surface area contributed by atoms with E-state index >= 15 is 0 Å². The number of fused-ring (bicyclic) bond motifs is 1. The van der Waals surface area contributed by atoms with Gasteiger partial charge in [0.25, 0.3) is 5.91 Å². The summed E-state index contributed by atoms with van der Waals surface area (Å²) in [5.74, 6) is 0.602. The van der Waals surface area contributed by atoms with Gasteiger partial charge in [-0.05, 0) is 33.1 Å². The first-order valence-corrected chi connectivity index (χ1v) is 9.83. The van der Waals surface area contributed by atoms with Crippen LogP contribution in [0.5, 0.6) is 0 Å². The minimum absolute atomic E-state index is 0.0323. The van der Waals surface area contributed by atoms with E-state index in [0.29, 0.717) is 54.5 Å². The van der Waals surface area contributed by atoms with Crippen LogP contribution < -0.4 is 5.32 Å². The summed E-state index contributed by atoms with van der Waals surface area (Å²) in [6.45, 7) is 6.20. The molecule has 2 aromatic rings. The number of halogens is 3. The van der Waals surface area contributed by atoms with Crippen LogP contribution in [0.2, 0.25) is 0 Å². The third-order valence-corrected chi connectivity index (χ3v) is 5.92. The van der Waals surface area contributed by atoms with Crippen molar-refractivity contribution in [3.05, 3.63) is 28.8 Å². The van der Waals surface area contributed by atoms with Gasteiger partial charge in [0.05, 0.1) is 11.4 Å². The molecule has 1 unspecified atom stereocenters. The SMILES string of the molecule is CC[C@@H]1C[C@H](C(F)(F)F)n2nc(C3CCN(C(=O)c4c(C)noc4C)C3)cc2N1. The number of carbonyl (C=O) groups is 1. The Kier molecular flexibility index (Phi) is 4.82. The molecule has 0 aromatic carbocycles. The smallest absolute Gasteiger partial charge is 0.367 e. The van der Waals surface area contributed by atoms with Crippen LogP contribution in [0.3, 0.4) is 0 Å². The number of rotatable bonds is 3. The Morgan fingerprint density at radius 3 is 2.76 bits per heavy atom. The molecule has 158 valence electrons. The molecule has 1 fully saturated rings. The predicted molar refractivity (Wildman–Crippen MR) is 98.9 cm³/mol. The van der Waals surface area contributed by atoms with Crippen molar-refractivity contribution in [2.45, 2.75) is 64.2 Å². The van der Waals surface area contributed by atoms with Gasteiger partial charge >= 0.3 is 6.18 Å². The zero-order chi connectivity index (χ0) is 20.9. The van der Waals surface area contributed by atoms with E-state index < -0.39 is 12.2 Å². The van der Waals surface area contributed by atoms with E-state index in [2.05, 4.69) is 15.6 Å². The van der Waals surface area contributed by atoms with Crippen LogP contribution in [0, 0.1) is 13.8 Å². The number of alkyl halides is 3. The molecule has 2 aliphatic rings. The highest BCUT2D eigenvalue weighted by molar-refractivity contribution is 5.96. The van der Waals surface area contributed by atoms with Crippen molar-refractivity contribution in [2.75, 3.05) is 18.4 Å². The lowest BCUT2D eigenvalue weighted by atomic mass is 10.0. The van der Waals surface area contributed by atoms with Crippen LogP contribution in [0.25, 0.3) is 0 Å². The highest BCUT2D eigenvalue weighted by atomic mass is 19.4. The largest absolute Gasteiger partial charge is 0.410 e. The van der Waals surface area contributed by atoms with Crippen LogP contribution in [0.15, 0.2) is 10.6 Å². The Hall–Kier alpha value is -2.52. The third-order valence-electron chi connectivity index (χ3n) is 5.92. The molecular formula is C19H24F3N5O2. The van der Waals surface area contributed by atoms with Gasteiger partial charge in [-0.1, -0.05) is 12.1 Å². The molecule has 2 aromatic heterocycles. The van der Waals surface area contributed by atoms with Gasteiger partial charge in [-0.3, -0.25) is 4.79 Å². The van der Waals surface area contributed by atoms with E-state index in [1.165, 1.54) is 0 Å². The summed E-state index contributed by atoms with van der Waals surface area (Å²) in [5.41, 5.74) is 1.59. The van der Waals surface area contributed by atoms with E-state index in [1.807, 2.05) is 6.92 Å². The number of nitrogens with zero attached hydrogens (tertiary/aromatic N) is 4. The lowest BCUT2D eigenvalue weighted by Gasteiger charge is -2.32. The number of anilines is 1. The fourth-order valence-corrected chi connectivity index (χ4v) is 4.27. The van der Waals surface area contributed by atoms with Gasteiger partial charge in [-0.15, -0.1) is 0 Å². The summed E-state index contributed by atoms with van der Waals surface area (Å²) in [5, 5.41) is 11.3. The Labute approximate surface area is 166 Å². The Morgan fingerprint density at radius 2 is 2.14 bits per heavy atom. The number of hydrogen-bond acceptors (Lipinski definition) is 5. The molecule has 7 nitrogen and oxygen atoms in total. The molecular weight excluding hydrogens is 387 g/mol. The average molecular weight is 411 g/mol. The fraction of sp³-hybridized carbons (Fsp3) is 0.632.